The van der Waals surface area contributed by atoms with Gasteiger partial charge in [-0.05, 0) is 24.0 Å². The minimum atomic E-state index is -0.168. The summed E-state index contributed by atoms with van der Waals surface area (Å²) in [7, 11) is 0. The summed E-state index contributed by atoms with van der Waals surface area (Å²) in [5.74, 6) is 0.0497. The molecule has 2 aromatic rings. The zero-order chi connectivity index (χ0) is 16.4. The average molecular weight is 315 g/mol. The van der Waals surface area contributed by atoms with Crippen LogP contribution in [0.3, 0.4) is 0 Å². The van der Waals surface area contributed by atoms with Crippen LogP contribution in [-0.4, -0.2) is 34.1 Å². The van der Waals surface area contributed by atoms with E-state index in [9.17, 15) is 4.79 Å². The fraction of sp³-hybridized carbons (Fsp3) is 0.529. The Hall–Kier alpha value is -1.92. The van der Waals surface area contributed by atoms with Crippen LogP contribution in [0.4, 0.5) is 0 Å². The Labute approximate surface area is 136 Å². The third kappa shape index (κ3) is 3.54. The van der Waals surface area contributed by atoms with Crippen molar-refractivity contribution in [3.8, 4) is 0 Å². The van der Waals surface area contributed by atoms with Crippen LogP contribution in [0.5, 0.6) is 0 Å². The standard InChI is InChI=1S/C17H25N5O/c1-17(2,3)15-10-13(20-21-15)16(23)18-8-9-22-11-19-12-6-4-5-7-14(12)22/h4-7,11,13,15,20-21H,8-10H2,1-3H3,(H,18,23). The fourth-order valence-electron chi connectivity index (χ4n) is 2.91. The molecule has 0 saturated carbocycles. The molecule has 2 heterocycles. The molecule has 0 bridgehead atoms. The van der Waals surface area contributed by atoms with E-state index in [2.05, 4.69) is 46.5 Å². The largest absolute Gasteiger partial charge is 0.353 e. The lowest BCUT2D eigenvalue weighted by Gasteiger charge is -2.25. The summed E-state index contributed by atoms with van der Waals surface area (Å²) in [5.41, 5.74) is 8.54. The van der Waals surface area contributed by atoms with Crippen molar-refractivity contribution in [1.82, 2.24) is 25.7 Å². The second-order valence-electron chi connectivity index (χ2n) is 7.21. The zero-order valence-electron chi connectivity index (χ0n) is 14.0. The highest BCUT2D eigenvalue weighted by molar-refractivity contribution is 5.82. The predicted octanol–water partition coefficient (Wildman–Crippen LogP) is 1.43. The van der Waals surface area contributed by atoms with E-state index in [0.29, 0.717) is 12.6 Å². The van der Waals surface area contributed by atoms with E-state index in [1.165, 1.54) is 0 Å². The van der Waals surface area contributed by atoms with Crippen molar-refractivity contribution in [2.45, 2.75) is 45.8 Å². The fourth-order valence-corrected chi connectivity index (χ4v) is 2.91. The average Bonchev–Trinajstić information content (AvgIpc) is 3.14. The van der Waals surface area contributed by atoms with E-state index in [1.807, 2.05) is 30.6 Å². The number of hydrogen-bond acceptors (Lipinski definition) is 4. The Balaban J connectivity index is 1.50. The summed E-state index contributed by atoms with van der Waals surface area (Å²) in [5, 5.41) is 3.01. The molecule has 124 valence electrons. The number of benzene rings is 1. The highest BCUT2D eigenvalue weighted by Crippen LogP contribution is 2.25. The molecule has 6 nitrogen and oxygen atoms in total. The number of carbonyl (C=O) groups is 1. The molecule has 1 aromatic carbocycles. The normalized spacial score (nSPS) is 21.7. The Morgan fingerprint density at radius 3 is 2.87 bits per heavy atom. The van der Waals surface area contributed by atoms with Crippen LogP contribution in [0.2, 0.25) is 0 Å². The molecule has 1 amide bonds. The molecule has 1 aliphatic rings. The third-order valence-corrected chi connectivity index (χ3v) is 4.44. The Kier molecular flexibility index (Phi) is 4.37. The van der Waals surface area contributed by atoms with Gasteiger partial charge in [0.15, 0.2) is 0 Å². The van der Waals surface area contributed by atoms with E-state index in [4.69, 9.17) is 0 Å². The summed E-state index contributed by atoms with van der Waals surface area (Å²) >= 11 is 0. The van der Waals surface area contributed by atoms with E-state index in [-0.39, 0.29) is 17.4 Å². The van der Waals surface area contributed by atoms with Crippen LogP contribution in [-0.2, 0) is 11.3 Å². The van der Waals surface area contributed by atoms with Crippen LogP contribution in [0.25, 0.3) is 11.0 Å². The number of aromatic nitrogens is 2. The SMILES string of the molecule is CC(C)(C)C1CC(C(=O)NCCn2cnc3ccccc32)NN1. The molecular weight excluding hydrogens is 290 g/mol. The van der Waals surface area contributed by atoms with Crippen molar-refractivity contribution >= 4 is 16.9 Å². The Morgan fingerprint density at radius 2 is 2.13 bits per heavy atom. The van der Waals surface area contributed by atoms with Crippen LogP contribution < -0.4 is 16.2 Å². The van der Waals surface area contributed by atoms with Gasteiger partial charge < -0.3 is 9.88 Å². The van der Waals surface area contributed by atoms with Gasteiger partial charge in [0.1, 0.15) is 6.04 Å². The number of imidazole rings is 1. The van der Waals surface area contributed by atoms with Gasteiger partial charge >= 0.3 is 0 Å². The molecule has 1 saturated heterocycles. The van der Waals surface area contributed by atoms with E-state index >= 15 is 0 Å². The van der Waals surface area contributed by atoms with Gasteiger partial charge in [-0.2, -0.15) is 0 Å². The second-order valence-corrected chi connectivity index (χ2v) is 7.21. The topological polar surface area (TPSA) is 71.0 Å². The molecule has 0 radical (unpaired) electrons. The number of hydrogen-bond donors (Lipinski definition) is 3. The molecule has 2 unspecified atom stereocenters. The lowest BCUT2D eigenvalue weighted by Crippen LogP contribution is -2.44. The van der Waals surface area contributed by atoms with Crippen molar-refractivity contribution in [3.63, 3.8) is 0 Å². The molecule has 6 heteroatoms. The van der Waals surface area contributed by atoms with E-state index < -0.39 is 0 Å². The van der Waals surface area contributed by atoms with Crippen molar-refractivity contribution in [3.05, 3.63) is 30.6 Å². The summed E-state index contributed by atoms with van der Waals surface area (Å²) in [6.45, 7) is 7.84. The molecule has 1 fully saturated rings. The maximum Gasteiger partial charge on any atom is 0.238 e. The number of nitrogens with zero attached hydrogens (tertiary/aromatic N) is 2. The van der Waals surface area contributed by atoms with Gasteiger partial charge in [0, 0.05) is 19.1 Å². The minimum Gasteiger partial charge on any atom is -0.353 e. The monoisotopic (exact) mass is 315 g/mol. The molecule has 0 aliphatic carbocycles. The molecule has 3 rings (SSSR count). The number of amides is 1. The van der Waals surface area contributed by atoms with Gasteiger partial charge in [-0.3, -0.25) is 10.2 Å². The first kappa shape index (κ1) is 16.0. The maximum atomic E-state index is 12.3. The molecule has 2 atom stereocenters. The van der Waals surface area contributed by atoms with Crippen LogP contribution >= 0.6 is 0 Å². The summed E-state index contributed by atoms with van der Waals surface area (Å²) in [4.78, 5) is 16.6. The number of fused-ring (bicyclic) bond motifs is 1. The van der Waals surface area contributed by atoms with Crippen LogP contribution in [0.15, 0.2) is 30.6 Å². The summed E-state index contributed by atoms with van der Waals surface area (Å²) < 4.78 is 2.06. The second kappa shape index (κ2) is 6.29. The first-order chi connectivity index (χ1) is 10.9. The number of hydrazine groups is 1. The number of para-hydroxylation sites is 2. The van der Waals surface area contributed by atoms with Gasteiger partial charge in [-0.25, -0.2) is 10.4 Å². The number of rotatable bonds is 4. The quantitative estimate of drug-likeness (QED) is 0.798. The third-order valence-electron chi connectivity index (χ3n) is 4.44. The Bertz CT molecular complexity index is 688. The zero-order valence-corrected chi connectivity index (χ0v) is 14.0. The molecule has 23 heavy (non-hydrogen) atoms. The lowest BCUT2D eigenvalue weighted by molar-refractivity contribution is -0.122. The van der Waals surface area contributed by atoms with E-state index in [0.717, 1.165) is 24.0 Å². The smallest absolute Gasteiger partial charge is 0.238 e. The summed E-state index contributed by atoms with van der Waals surface area (Å²) in [6.07, 6.45) is 2.63. The predicted molar refractivity (Wildman–Crippen MR) is 90.7 cm³/mol. The van der Waals surface area contributed by atoms with Gasteiger partial charge in [-0.1, -0.05) is 32.9 Å². The first-order valence-corrected chi connectivity index (χ1v) is 8.14. The molecular formula is C17H25N5O. The minimum absolute atomic E-state index is 0.0497. The van der Waals surface area contributed by atoms with Crippen LogP contribution in [0.1, 0.15) is 27.2 Å². The van der Waals surface area contributed by atoms with Crippen LogP contribution in [0, 0.1) is 5.41 Å². The lowest BCUT2D eigenvalue weighted by atomic mass is 9.84. The summed E-state index contributed by atoms with van der Waals surface area (Å²) in [6, 6.07) is 8.15. The molecule has 1 aliphatic heterocycles. The van der Waals surface area contributed by atoms with Gasteiger partial charge in [-0.15, -0.1) is 0 Å². The number of carbonyl (C=O) groups excluding carboxylic acids is 1. The Morgan fingerprint density at radius 1 is 1.35 bits per heavy atom. The molecule has 3 N–H and O–H groups in total. The van der Waals surface area contributed by atoms with E-state index in [1.54, 1.807) is 0 Å². The molecule has 1 aromatic heterocycles. The van der Waals surface area contributed by atoms with Crippen molar-refractivity contribution in [2.75, 3.05) is 6.54 Å². The molecule has 0 spiro atoms. The maximum absolute atomic E-state index is 12.3. The van der Waals surface area contributed by atoms with Crippen molar-refractivity contribution in [2.24, 2.45) is 5.41 Å². The van der Waals surface area contributed by atoms with Gasteiger partial charge in [0.05, 0.1) is 17.4 Å². The first-order valence-electron chi connectivity index (χ1n) is 8.14. The van der Waals surface area contributed by atoms with Crippen molar-refractivity contribution < 1.29 is 4.79 Å². The van der Waals surface area contributed by atoms with Crippen molar-refractivity contribution in [1.29, 1.82) is 0 Å². The van der Waals surface area contributed by atoms with Gasteiger partial charge in [0.2, 0.25) is 5.91 Å². The highest BCUT2D eigenvalue weighted by atomic mass is 16.2. The number of nitrogens with one attached hydrogen (secondary N) is 3. The van der Waals surface area contributed by atoms with Gasteiger partial charge in [0.25, 0.3) is 0 Å². The highest BCUT2D eigenvalue weighted by Gasteiger charge is 2.35.